The summed E-state index contributed by atoms with van der Waals surface area (Å²) in [7, 11) is 0. The standard InChI is InChI=1S/C16H21N3O/c1-13-17-8-9-19(13)16-6-4-14(5-7-16)11-18-15-3-2-10-20-12-15/h4-9,15,18H,2-3,10-12H2,1H3/t15-/m0/s1. The van der Waals surface area contributed by atoms with E-state index in [-0.39, 0.29) is 0 Å². The number of nitrogens with zero attached hydrogens (tertiary/aromatic N) is 2. The number of ether oxygens (including phenoxy) is 1. The molecule has 3 rings (SSSR count). The van der Waals surface area contributed by atoms with Gasteiger partial charge in [0.1, 0.15) is 5.82 Å². The number of hydrogen-bond donors (Lipinski definition) is 1. The largest absolute Gasteiger partial charge is 0.380 e. The van der Waals surface area contributed by atoms with Crippen LogP contribution in [0.1, 0.15) is 24.2 Å². The van der Waals surface area contributed by atoms with Crippen LogP contribution in [0.2, 0.25) is 0 Å². The summed E-state index contributed by atoms with van der Waals surface area (Å²) in [5.74, 6) is 1.01. The van der Waals surface area contributed by atoms with Crippen molar-refractivity contribution in [1.82, 2.24) is 14.9 Å². The molecule has 4 nitrogen and oxygen atoms in total. The second kappa shape index (κ2) is 6.20. The van der Waals surface area contributed by atoms with Crippen LogP contribution in [0.15, 0.2) is 36.7 Å². The van der Waals surface area contributed by atoms with Crippen molar-refractivity contribution in [1.29, 1.82) is 0 Å². The number of aromatic nitrogens is 2. The van der Waals surface area contributed by atoms with E-state index in [1.54, 1.807) is 0 Å². The van der Waals surface area contributed by atoms with Gasteiger partial charge in [0.25, 0.3) is 0 Å². The van der Waals surface area contributed by atoms with E-state index >= 15 is 0 Å². The van der Waals surface area contributed by atoms with Crippen LogP contribution >= 0.6 is 0 Å². The molecule has 106 valence electrons. The molecule has 20 heavy (non-hydrogen) atoms. The molecule has 2 heterocycles. The Balaban J connectivity index is 1.60. The van der Waals surface area contributed by atoms with Crippen LogP contribution in [-0.4, -0.2) is 28.8 Å². The van der Waals surface area contributed by atoms with Gasteiger partial charge in [-0.2, -0.15) is 0 Å². The van der Waals surface area contributed by atoms with E-state index in [9.17, 15) is 0 Å². The smallest absolute Gasteiger partial charge is 0.110 e. The summed E-state index contributed by atoms with van der Waals surface area (Å²) in [6, 6.07) is 9.13. The summed E-state index contributed by atoms with van der Waals surface area (Å²) in [5, 5.41) is 3.56. The van der Waals surface area contributed by atoms with Gasteiger partial charge in [0, 0.05) is 37.3 Å². The second-order valence-corrected chi connectivity index (χ2v) is 5.31. The van der Waals surface area contributed by atoms with E-state index in [1.807, 2.05) is 19.3 Å². The Hall–Kier alpha value is -1.65. The van der Waals surface area contributed by atoms with Crippen molar-refractivity contribution in [2.75, 3.05) is 13.2 Å². The molecule has 0 saturated carbocycles. The van der Waals surface area contributed by atoms with Crippen molar-refractivity contribution < 1.29 is 4.74 Å². The molecule has 1 saturated heterocycles. The van der Waals surface area contributed by atoms with Crippen LogP contribution in [0.25, 0.3) is 5.69 Å². The fraction of sp³-hybridized carbons (Fsp3) is 0.438. The lowest BCUT2D eigenvalue weighted by Crippen LogP contribution is -2.36. The summed E-state index contributed by atoms with van der Waals surface area (Å²) >= 11 is 0. The number of rotatable bonds is 4. The lowest BCUT2D eigenvalue weighted by atomic mass is 10.1. The zero-order chi connectivity index (χ0) is 13.8. The Morgan fingerprint density at radius 2 is 2.20 bits per heavy atom. The summed E-state index contributed by atoms with van der Waals surface area (Å²) in [6.45, 7) is 4.67. The van der Waals surface area contributed by atoms with E-state index in [0.717, 1.165) is 37.7 Å². The minimum absolute atomic E-state index is 0.499. The first-order valence-electron chi connectivity index (χ1n) is 7.23. The van der Waals surface area contributed by atoms with Crippen molar-refractivity contribution in [3.63, 3.8) is 0 Å². The molecule has 0 aliphatic carbocycles. The van der Waals surface area contributed by atoms with Crippen molar-refractivity contribution in [3.05, 3.63) is 48.0 Å². The van der Waals surface area contributed by atoms with Crippen LogP contribution in [0.4, 0.5) is 0 Å². The Morgan fingerprint density at radius 1 is 1.35 bits per heavy atom. The number of nitrogens with one attached hydrogen (secondary N) is 1. The highest BCUT2D eigenvalue weighted by atomic mass is 16.5. The van der Waals surface area contributed by atoms with Gasteiger partial charge < -0.3 is 14.6 Å². The number of imidazole rings is 1. The van der Waals surface area contributed by atoms with Gasteiger partial charge in [-0.05, 0) is 37.5 Å². The highest BCUT2D eigenvalue weighted by Crippen LogP contribution is 2.12. The molecular weight excluding hydrogens is 250 g/mol. The highest BCUT2D eigenvalue weighted by molar-refractivity contribution is 5.35. The molecule has 0 spiro atoms. The van der Waals surface area contributed by atoms with Gasteiger partial charge in [-0.1, -0.05) is 12.1 Å². The molecule has 4 heteroatoms. The number of hydrogen-bond acceptors (Lipinski definition) is 3. The average Bonchev–Trinajstić information content (AvgIpc) is 2.93. The van der Waals surface area contributed by atoms with Gasteiger partial charge in [0.05, 0.1) is 6.61 Å². The van der Waals surface area contributed by atoms with Crippen molar-refractivity contribution in [2.45, 2.75) is 32.4 Å². The molecular formula is C16H21N3O. The monoisotopic (exact) mass is 271 g/mol. The summed E-state index contributed by atoms with van der Waals surface area (Å²) in [6.07, 6.45) is 6.19. The summed E-state index contributed by atoms with van der Waals surface area (Å²) in [4.78, 5) is 4.25. The van der Waals surface area contributed by atoms with E-state index < -0.39 is 0 Å². The Morgan fingerprint density at radius 3 is 2.85 bits per heavy atom. The topological polar surface area (TPSA) is 39.1 Å². The molecule has 0 unspecified atom stereocenters. The van der Waals surface area contributed by atoms with Gasteiger partial charge in [-0.25, -0.2) is 4.98 Å². The van der Waals surface area contributed by atoms with Crippen LogP contribution in [0.3, 0.4) is 0 Å². The van der Waals surface area contributed by atoms with Crippen LogP contribution in [0, 0.1) is 6.92 Å². The molecule has 0 amide bonds. The fourth-order valence-electron chi connectivity index (χ4n) is 2.59. The third-order valence-corrected chi connectivity index (χ3v) is 3.80. The van der Waals surface area contributed by atoms with Crippen LogP contribution in [0.5, 0.6) is 0 Å². The Bertz CT molecular complexity index is 541. The van der Waals surface area contributed by atoms with Gasteiger partial charge in [-0.15, -0.1) is 0 Å². The fourth-order valence-corrected chi connectivity index (χ4v) is 2.59. The van der Waals surface area contributed by atoms with E-state index in [4.69, 9.17) is 4.74 Å². The molecule has 0 radical (unpaired) electrons. The summed E-state index contributed by atoms with van der Waals surface area (Å²) in [5.41, 5.74) is 2.46. The molecule has 1 N–H and O–H groups in total. The number of benzene rings is 1. The quantitative estimate of drug-likeness (QED) is 0.928. The molecule has 1 fully saturated rings. The zero-order valence-corrected chi connectivity index (χ0v) is 11.9. The molecule has 1 aliphatic rings. The number of aryl methyl sites for hydroxylation is 1. The highest BCUT2D eigenvalue weighted by Gasteiger charge is 2.12. The lowest BCUT2D eigenvalue weighted by molar-refractivity contribution is 0.0699. The van der Waals surface area contributed by atoms with E-state index in [1.165, 1.54) is 12.0 Å². The van der Waals surface area contributed by atoms with Crippen molar-refractivity contribution in [2.24, 2.45) is 0 Å². The first-order chi connectivity index (χ1) is 9.83. The van der Waals surface area contributed by atoms with E-state index in [2.05, 4.69) is 39.1 Å². The first kappa shape index (κ1) is 13.3. The Kier molecular flexibility index (Phi) is 4.14. The molecule has 0 bridgehead atoms. The van der Waals surface area contributed by atoms with Crippen molar-refractivity contribution >= 4 is 0 Å². The molecule has 1 aromatic heterocycles. The lowest BCUT2D eigenvalue weighted by Gasteiger charge is -2.23. The maximum Gasteiger partial charge on any atom is 0.110 e. The maximum atomic E-state index is 5.48. The van der Waals surface area contributed by atoms with Crippen molar-refractivity contribution in [3.8, 4) is 5.69 Å². The zero-order valence-electron chi connectivity index (χ0n) is 11.9. The van der Waals surface area contributed by atoms with Crippen LogP contribution < -0.4 is 5.32 Å². The predicted molar refractivity (Wildman–Crippen MR) is 79.0 cm³/mol. The minimum Gasteiger partial charge on any atom is -0.380 e. The second-order valence-electron chi connectivity index (χ2n) is 5.31. The van der Waals surface area contributed by atoms with Gasteiger partial charge in [-0.3, -0.25) is 0 Å². The minimum atomic E-state index is 0.499. The van der Waals surface area contributed by atoms with Gasteiger partial charge in [0.2, 0.25) is 0 Å². The SMILES string of the molecule is Cc1nccn1-c1ccc(CN[C@H]2CCCOC2)cc1. The van der Waals surface area contributed by atoms with Gasteiger partial charge >= 0.3 is 0 Å². The average molecular weight is 271 g/mol. The van der Waals surface area contributed by atoms with Gasteiger partial charge in [0.15, 0.2) is 0 Å². The molecule has 1 atom stereocenters. The molecule has 1 aliphatic heterocycles. The third kappa shape index (κ3) is 3.08. The van der Waals surface area contributed by atoms with Crippen LogP contribution in [-0.2, 0) is 11.3 Å². The normalized spacial score (nSPS) is 19.1. The predicted octanol–water partition coefficient (Wildman–Crippen LogP) is 2.45. The molecule has 2 aromatic rings. The van der Waals surface area contributed by atoms with E-state index in [0.29, 0.717) is 6.04 Å². The maximum absolute atomic E-state index is 5.48. The first-order valence-corrected chi connectivity index (χ1v) is 7.23. The summed E-state index contributed by atoms with van der Waals surface area (Å²) < 4.78 is 7.57. The Labute approximate surface area is 119 Å². The molecule has 1 aromatic carbocycles. The third-order valence-electron chi connectivity index (χ3n) is 3.80.